The zero-order chi connectivity index (χ0) is 16.3. The first kappa shape index (κ1) is 13.9. The lowest BCUT2D eigenvalue weighted by molar-refractivity contribution is -0.895. The number of hydrogen-bond donors (Lipinski definition) is 2. The summed E-state index contributed by atoms with van der Waals surface area (Å²) in [5.41, 5.74) is 2.84. The Balaban J connectivity index is 1.78. The fourth-order valence-corrected chi connectivity index (χ4v) is 4.68. The van der Waals surface area contributed by atoms with Crippen LogP contribution < -0.4 is 4.90 Å². The van der Waals surface area contributed by atoms with Gasteiger partial charge in [-0.1, -0.05) is 12.1 Å². The number of aromatic nitrogens is 4. The Morgan fingerprint density at radius 1 is 1.29 bits per heavy atom. The molecule has 2 N–H and O–H groups in total. The molecule has 120 valence electrons. The number of benzene rings is 1. The molecule has 5 rings (SSSR count). The molecule has 0 fully saturated rings. The van der Waals surface area contributed by atoms with E-state index in [0.717, 1.165) is 35.4 Å². The van der Waals surface area contributed by atoms with Gasteiger partial charge in [-0.25, -0.2) is 14.5 Å². The second-order valence-electron chi connectivity index (χ2n) is 6.28. The first-order chi connectivity index (χ1) is 11.7. The van der Waals surface area contributed by atoms with Gasteiger partial charge >= 0.3 is 0 Å². The lowest BCUT2D eigenvalue weighted by Crippen LogP contribution is -3.08. The molecule has 0 saturated carbocycles. The van der Waals surface area contributed by atoms with Gasteiger partial charge in [-0.2, -0.15) is 0 Å². The second-order valence-corrected chi connectivity index (χ2v) is 7.37. The van der Waals surface area contributed by atoms with Crippen LogP contribution in [0, 0.1) is 0 Å². The molecule has 0 spiro atoms. The molecule has 0 radical (unpaired) electrons. The summed E-state index contributed by atoms with van der Waals surface area (Å²) in [5.74, 6) is 0.719. The molecule has 7 heteroatoms. The Bertz CT molecular complexity index is 1080. The molecule has 24 heavy (non-hydrogen) atoms. The first-order valence-electron chi connectivity index (χ1n) is 7.96. The summed E-state index contributed by atoms with van der Waals surface area (Å²) in [6, 6.07) is 7.15. The predicted octanol–water partition coefficient (Wildman–Crippen LogP) is 1.28. The Kier molecular flexibility index (Phi) is 2.89. The quantitative estimate of drug-likeness (QED) is 0.549. The van der Waals surface area contributed by atoms with E-state index in [1.165, 1.54) is 15.3 Å². The van der Waals surface area contributed by atoms with Crippen LogP contribution in [0.2, 0.25) is 0 Å². The Morgan fingerprint density at radius 2 is 2.17 bits per heavy atom. The fraction of sp³-hybridized carbons (Fsp3) is 0.235. The van der Waals surface area contributed by atoms with E-state index in [-0.39, 0.29) is 5.75 Å². The van der Waals surface area contributed by atoms with E-state index in [0.29, 0.717) is 11.4 Å². The Hall–Kier alpha value is -2.51. The zero-order valence-electron chi connectivity index (χ0n) is 13.2. The summed E-state index contributed by atoms with van der Waals surface area (Å²) in [5, 5.41) is 15.7. The van der Waals surface area contributed by atoms with Crippen molar-refractivity contribution in [2.45, 2.75) is 13.0 Å². The third kappa shape index (κ3) is 1.95. The number of likely N-dealkylation sites (N-methyl/N-ethyl adjacent to an activating group) is 1. The number of para-hydroxylation sites is 1. The number of phenolic OH excluding ortho intramolecular Hbond substituents is 1. The minimum atomic E-state index is 0.190. The maximum atomic E-state index is 10.1. The molecule has 1 unspecified atom stereocenters. The second kappa shape index (κ2) is 4.99. The highest BCUT2D eigenvalue weighted by Crippen LogP contribution is 2.34. The first-order valence-corrected chi connectivity index (χ1v) is 8.77. The van der Waals surface area contributed by atoms with E-state index >= 15 is 0 Å². The maximum absolute atomic E-state index is 10.1. The number of rotatable bonds is 1. The molecule has 1 aliphatic heterocycles. The van der Waals surface area contributed by atoms with E-state index < -0.39 is 0 Å². The van der Waals surface area contributed by atoms with Crippen LogP contribution in [0.5, 0.6) is 5.75 Å². The van der Waals surface area contributed by atoms with Crippen molar-refractivity contribution >= 4 is 27.2 Å². The van der Waals surface area contributed by atoms with Crippen molar-refractivity contribution in [2.75, 3.05) is 13.6 Å². The molecular formula is C17H16N5OS+. The molecule has 1 aliphatic rings. The van der Waals surface area contributed by atoms with Crippen molar-refractivity contribution in [2.24, 2.45) is 0 Å². The van der Waals surface area contributed by atoms with Crippen LogP contribution in [0.25, 0.3) is 27.3 Å². The number of quaternary nitrogens is 1. The smallest absolute Gasteiger partial charge is 0.185 e. The summed E-state index contributed by atoms with van der Waals surface area (Å²) in [6.07, 6.45) is 2.76. The van der Waals surface area contributed by atoms with Gasteiger partial charge in [-0.15, -0.1) is 16.4 Å². The van der Waals surface area contributed by atoms with Crippen LogP contribution in [-0.4, -0.2) is 38.3 Å². The monoisotopic (exact) mass is 338 g/mol. The van der Waals surface area contributed by atoms with Crippen molar-refractivity contribution in [1.82, 2.24) is 19.6 Å². The molecule has 0 bridgehead atoms. The molecule has 0 saturated heterocycles. The van der Waals surface area contributed by atoms with Crippen LogP contribution in [0.15, 0.2) is 30.6 Å². The van der Waals surface area contributed by atoms with E-state index in [2.05, 4.69) is 17.1 Å². The van der Waals surface area contributed by atoms with Crippen molar-refractivity contribution in [3.8, 4) is 17.1 Å². The molecule has 1 aromatic carbocycles. The lowest BCUT2D eigenvalue weighted by Gasteiger charge is -2.19. The number of phenols is 1. The van der Waals surface area contributed by atoms with Crippen molar-refractivity contribution < 1.29 is 10.0 Å². The summed E-state index contributed by atoms with van der Waals surface area (Å²) in [7, 11) is 2.23. The fourth-order valence-electron chi connectivity index (χ4n) is 3.39. The van der Waals surface area contributed by atoms with Crippen LogP contribution in [-0.2, 0) is 13.0 Å². The SMILES string of the molecule is C[NH+]1CCc2c(sc3ncn4nc(-c5ccccc5O)nc4c23)C1. The van der Waals surface area contributed by atoms with Crippen molar-refractivity contribution in [3.05, 3.63) is 41.0 Å². The summed E-state index contributed by atoms with van der Waals surface area (Å²) < 4.78 is 1.72. The van der Waals surface area contributed by atoms with Crippen LogP contribution in [0.1, 0.15) is 10.4 Å². The van der Waals surface area contributed by atoms with Gasteiger partial charge in [-0.05, 0) is 17.7 Å². The standard InChI is InChI=1S/C17H15N5OS/c1-21-7-6-11-13(8-21)24-17-14(11)16-19-15(20-22(16)9-18-17)10-4-2-3-5-12(10)23/h2-5,9,23H,6-8H2,1H3/p+1. The maximum Gasteiger partial charge on any atom is 0.185 e. The molecule has 4 heterocycles. The number of nitrogens with one attached hydrogen (secondary N) is 1. The third-order valence-electron chi connectivity index (χ3n) is 4.62. The van der Waals surface area contributed by atoms with E-state index in [1.54, 1.807) is 34.3 Å². The molecular weight excluding hydrogens is 322 g/mol. The van der Waals surface area contributed by atoms with Gasteiger partial charge < -0.3 is 10.0 Å². The summed E-state index contributed by atoms with van der Waals surface area (Å²) in [4.78, 5) is 13.3. The molecule has 4 aromatic rings. The van der Waals surface area contributed by atoms with E-state index in [9.17, 15) is 5.11 Å². The van der Waals surface area contributed by atoms with Gasteiger partial charge in [0, 0.05) is 6.42 Å². The molecule has 0 aliphatic carbocycles. The highest BCUT2D eigenvalue weighted by atomic mass is 32.1. The predicted molar refractivity (Wildman–Crippen MR) is 92.4 cm³/mol. The van der Waals surface area contributed by atoms with Crippen LogP contribution >= 0.6 is 11.3 Å². The number of fused-ring (bicyclic) bond motifs is 5. The molecule has 3 aromatic heterocycles. The lowest BCUT2D eigenvalue weighted by atomic mass is 10.1. The average Bonchev–Trinajstić information content (AvgIpc) is 3.14. The summed E-state index contributed by atoms with van der Waals surface area (Å²) >= 11 is 1.76. The average molecular weight is 338 g/mol. The third-order valence-corrected chi connectivity index (χ3v) is 5.76. The van der Waals surface area contributed by atoms with Crippen molar-refractivity contribution in [1.29, 1.82) is 0 Å². The minimum absolute atomic E-state index is 0.190. The highest BCUT2D eigenvalue weighted by molar-refractivity contribution is 7.19. The van der Waals surface area contributed by atoms with Crippen LogP contribution in [0.3, 0.4) is 0 Å². The van der Waals surface area contributed by atoms with Gasteiger partial charge in [0.1, 0.15) is 23.5 Å². The normalized spacial score (nSPS) is 17.5. The van der Waals surface area contributed by atoms with Gasteiger partial charge in [0.15, 0.2) is 11.5 Å². The zero-order valence-corrected chi connectivity index (χ0v) is 14.0. The van der Waals surface area contributed by atoms with Gasteiger partial charge in [0.2, 0.25) is 0 Å². The summed E-state index contributed by atoms with van der Waals surface area (Å²) in [6.45, 7) is 2.17. The minimum Gasteiger partial charge on any atom is -0.507 e. The molecule has 0 amide bonds. The Morgan fingerprint density at radius 3 is 3.04 bits per heavy atom. The molecule has 6 nitrogen and oxygen atoms in total. The highest BCUT2D eigenvalue weighted by Gasteiger charge is 2.25. The number of thiophene rings is 1. The van der Waals surface area contributed by atoms with Gasteiger partial charge in [0.25, 0.3) is 0 Å². The number of aromatic hydroxyl groups is 1. The van der Waals surface area contributed by atoms with Crippen LogP contribution in [0.4, 0.5) is 0 Å². The van der Waals surface area contributed by atoms with Crippen molar-refractivity contribution in [3.63, 3.8) is 0 Å². The van der Waals surface area contributed by atoms with E-state index in [4.69, 9.17) is 4.98 Å². The Labute approximate surface area is 142 Å². The molecule has 1 atom stereocenters. The van der Waals surface area contributed by atoms with Gasteiger partial charge in [-0.3, -0.25) is 0 Å². The number of nitrogens with zero attached hydrogens (tertiary/aromatic N) is 4. The number of hydrogen-bond acceptors (Lipinski definition) is 5. The van der Waals surface area contributed by atoms with E-state index in [1.807, 2.05) is 12.1 Å². The van der Waals surface area contributed by atoms with Gasteiger partial charge in [0.05, 0.1) is 29.4 Å². The topological polar surface area (TPSA) is 67.8 Å². The largest absolute Gasteiger partial charge is 0.507 e.